The van der Waals surface area contributed by atoms with Crippen LogP contribution in [-0.4, -0.2) is 16.4 Å². The van der Waals surface area contributed by atoms with E-state index in [4.69, 9.17) is 5.26 Å². The van der Waals surface area contributed by atoms with E-state index in [-0.39, 0.29) is 5.13 Å². The number of hydrogen-bond acceptors (Lipinski definition) is 5. The van der Waals surface area contributed by atoms with Gasteiger partial charge in [-0.05, 0) is 12.1 Å². The zero-order valence-corrected chi connectivity index (χ0v) is 10.5. The second-order valence-electron chi connectivity index (χ2n) is 3.59. The smallest absolute Gasteiger partial charge is 0.318 e. The van der Waals surface area contributed by atoms with Crippen molar-refractivity contribution in [3.05, 3.63) is 35.7 Å². The molecule has 0 aliphatic carbocycles. The third kappa shape index (κ3) is 2.66. The lowest BCUT2D eigenvalue weighted by atomic mass is 10.2. The van der Waals surface area contributed by atoms with Crippen LogP contribution in [0, 0.1) is 11.3 Å². The predicted octanol–water partition coefficient (Wildman–Crippen LogP) is 3.20. The third-order valence-electron chi connectivity index (χ3n) is 2.34. The Bertz CT molecular complexity index is 629. The first-order chi connectivity index (χ1) is 8.93. The molecule has 1 aromatic carbocycles. The van der Waals surface area contributed by atoms with E-state index in [1.165, 1.54) is 11.9 Å². The maximum absolute atomic E-state index is 12.4. The molecule has 0 amide bonds. The largest absolute Gasteiger partial charge is 0.452 e. The van der Waals surface area contributed by atoms with Gasteiger partial charge < -0.3 is 4.90 Å². The lowest BCUT2D eigenvalue weighted by Gasteiger charge is -2.16. The number of para-hydroxylation sites is 1. The van der Waals surface area contributed by atoms with Crippen molar-refractivity contribution in [1.82, 2.24) is 9.36 Å². The van der Waals surface area contributed by atoms with Crippen LogP contribution in [0.4, 0.5) is 24.0 Å². The molecule has 0 fully saturated rings. The van der Waals surface area contributed by atoms with Crippen molar-refractivity contribution in [2.45, 2.75) is 6.18 Å². The fraction of sp³-hybridized carbons (Fsp3) is 0.182. The van der Waals surface area contributed by atoms with Gasteiger partial charge in [-0.15, -0.1) is 0 Å². The van der Waals surface area contributed by atoms with Gasteiger partial charge in [0, 0.05) is 18.6 Å². The van der Waals surface area contributed by atoms with Crippen molar-refractivity contribution in [1.29, 1.82) is 5.26 Å². The third-order valence-corrected chi connectivity index (χ3v) is 3.13. The van der Waals surface area contributed by atoms with Crippen LogP contribution < -0.4 is 4.90 Å². The average Bonchev–Trinajstić information content (AvgIpc) is 2.87. The number of hydrogen-bond donors (Lipinski definition) is 0. The highest BCUT2D eigenvalue weighted by atomic mass is 32.1. The standard InChI is InChI=1S/C11H7F3N4S/c1-18(8-5-3-2-4-7(8)6-15)10-16-9(17-19-10)11(12,13)14/h2-5H,1H3. The summed E-state index contributed by atoms with van der Waals surface area (Å²) in [6.45, 7) is 0. The Morgan fingerprint density at radius 2 is 2.00 bits per heavy atom. The molecule has 0 N–H and O–H groups in total. The Kier molecular flexibility index (Phi) is 3.40. The van der Waals surface area contributed by atoms with Crippen LogP contribution in [0.1, 0.15) is 11.4 Å². The van der Waals surface area contributed by atoms with Gasteiger partial charge in [0.25, 0.3) is 0 Å². The van der Waals surface area contributed by atoms with Crippen molar-refractivity contribution in [2.24, 2.45) is 0 Å². The molecule has 19 heavy (non-hydrogen) atoms. The van der Waals surface area contributed by atoms with Gasteiger partial charge in [-0.1, -0.05) is 12.1 Å². The van der Waals surface area contributed by atoms with E-state index in [1.807, 2.05) is 6.07 Å². The molecule has 2 aromatic rings. The minimum Gasteiger partial charge on any atom is -0.318 e. The normalized spacial score (nSPS) is 11.1. The first kappa shape index (κ1) is 13.3. The summed E-state index contributed by atoms with van der Waals surface area (Å²) < 4.78 is 40.5. The molecule has 1 aromatic heterocycles. The molecular formula is C11H7F3N4S. The summed E-state index contributed by atoms with van der Waals surface area (Å²) in [5, 5.41) is 9.04. The van der Waals surface area contributed by atoms with Gasteiger partial charge in [0.15, 0.2) is 0 Å². The molecule has 4 nitrogen and oxygen atoms in total. The molecule has 8 heteroatoms. The van der Waals surface area contributed by atoms with Gasteiger partial charge in [-0.3, -0.25) is 0 Å². The fourth-order valence-electron chi connectivity index (χ4n) is 1.43. The first-order valence-corrected chi connectivity index (χ1v) is 5.84. The number of anilines is 2. The van der Waals surface area contributed by atoms with Crippen molar-refractivity contribution in [2.75, 3.05) is 11.9 Å². The lowest BCUT2D eigenvalue weighted by Crippen LogP contribution is -2.12. The van der Waals surface area contributed by atoms with Crippen LogP contribution >= 0.6 is 11.5 Å². The molecule has 2 rings (SSSR count). The highest BCUT2D eigenvalue weighted by molar-refractivity contribution is 7.09. The Morgan fingerprint density at radius 1 is 1.32 bits per heavy atom. The first-order valence-electron chi connectivity index (χ1n) is 5.07. The molecule has 0 atom stereocenters. The van der Waals surface area contributed by atoms with Crippen molar-refractivity contribution >= 4 is 22.4 Å². The molecule has 0 spiro atoms. The summed E-state index contributed by atoms with van der Waals surface area (Å²) in [6.07, 6.45) is -4.57. The molecule has 0 aliphatic rings. The zero-order chi connectivity index (χ0) is 14.0. The van der Waals surface area contributed by atoms with Crippen molar-refractivity contribution < 1.29 is 13.2 Å². The number of benzene rings is 1. The van der Waals surface area contributed by atoms with Gasteiger partial charge in [-0.25, -0.2) is 0 Å². The number of rotatable bonds is 2. The number of nitriles is 1. The van der Waals surface area contributed by atoms with E-state index < -0.39 is 12.0 Å². The molecule has 0 saturated heterocycles. The molecular weight excluding hydrogens is 277 g/mol. The quantitative estimate of drug-likeness (QED) is 0.849. The maximum atomic E-state index is 12.4. The minimum absolute atomic E-state index is 0.0787. The van der Waals surface area contributed by atoms with Crippen LogP contribution in [0.2, 0.25) is 0 Å². The Balaban J connectivity index is 2.37. The van der Waals surface area contributed by atoms with Gasteiger partial charge in [-0.2, -0.15) is 27.8 Å². The van der Waals surface area contributed by atoms with Gasteiger partial charge >= 0.3 is 6.18 Å². The van der Waals surface area contributed by atoms with Crippen LogP contribution in [0.25, 0.3) is 0 Å². The highest BCUT2D eigenvalue weighted by Crippen LogP contribution is 2.33. The average molecular weight is 284 g/mol. The highest BCUT2D eigenvalue weighted by Gasteiger charge is 2.36. The van der Waals surface area contributed by atoms with Crippen LogP contribution in [0.5, 0.6) is 0 Å². The summed E-state index contributed by atoms with van der Waals surface area (Å²) >= 11 is 0.634. The Hall–Kier alpha value is -2.14. The van der Waals surface area contributed by atoms with E-state index in [1.54, 1.807) is 24.3 Å². The van der Waals surface area contributed by atoms with Gasteiger partial charge in [0.2, 0.25) is 11.0 Å². The topological polar surface area (TPSA) is 52.8 Å². The monoisotopic (exact) mass is 284 g/mol. The van der Waals surface area contributed by atoms with Crippen LogP contribution in [-0.2, 0) is 6.18 Å². The maximum Gasteiger partial charge on any atom is 0.452 e. The van der Waals surface area contributed by atoms with Crippen molar-refractivity contribution in [3.63, 3.8) is 0 Å². The van der Waals surface area contributed by atoms with E-state index in [0.717, 1.165) is 0 Å². The molecule has 0 radical (unpaired) electrons. The van der Waals surface area contributed by atoms with Gasteiger partial charge in [0.1, 0.15) is 6.07 Å². The lowest BCUT2D eigenvalue weighted by molar-refractivity contribution is -0.144. The summed E-state index contributed by atoms with van der Waals surface area (Å²) in [7, 11) is 1.54. The van der Waals surface area contributed by atoms with Crippen LogP contribution in [0.15, 0.2) is 24.3 Å². The molecule has 1 heterocycles. The number of nitrogens with zero attached hydrogens (tertiary/aromatic N) is 4. The molecule has 0 bridgehead atoms. The molecule has 0 saturated carbocycles. The minimum atomic E-state index is -4.57. The zero-order valence-electron chi connectivity index (χ0n) is 9.64. The second kappa shape index (κ2) is 4.85. The summed E-state index contributed by atoms with van der Waals surface area (Å²) in [6, 6.07) is 8.56. The van der Waals surface area contributed by atoms with E-state index in [2.05, 4.69) is 9.36 Å². The fourth-order valence-corrected chi connectivity index (χ4v) is 2.09. The second-order valence-corrected chi connectivity index (χ2v) is 4.32. The molecule has 98 valence electrons. The summed E-state index contributed by atoms with van der Waals surface area (Å²) in [4.78, 5) is 4.84. The molecule has 0 aliphatic heterocycles. The van der Waals surface area contributed by atoms with Crippen LogP contribution in [0.3, 0.4) is 0 Å². The van der Waals surface area contributed by atoms with E-state index in [0.29, 0.717) is 22.8 Å². The number of aromatic nitrogens is 2. The number of alkyl halides is 3. The Labute approximate surface area is 110 Å². The summed E-state index contributed by atoms with van der Waals surface area (Å²) in [5.74, 6) is -1.17. The Morgan fingerprint density at radius 3 is 2.58 bits per heavy atom. The number of halogens is 3. The predicted molar refractivity (Wildman–Crippen MR) is 64.1 cm³/mol. The SMILES string of the molecule is CN(c1nc(C(F)(F)F)ns1)c1ccccc1C#N. The summed E-state index contributed by atoms with van der Waals surface area (Å²) in [5.41, 5.74) is 0.837. The molecule has 0 unspecified atom stereocenters. The van der Waals surface area contributed by atoms with Crippen molar-refractivity contribution in [3.8, 4) is 6.07 Å². The van der Waals surface area contributed by atoms with Gasteiger partial charge in [0.05, 0.1) is 11.3 Å². The van der Waals surface area contributed by atoms with E-state index >= 15 is 0 Å². The van der Waals surface area contributed by atoms with E-state index in [9.17, 15) is 13.2 Å².